The Bertz CT molecular complexity index is 901. The lowest BCUT2D eigenvalue weighted by molar-refractivity contribution is -0.135. The van der Waals surface area contributed by atoms with Gasteiger partial charge in [0.15, 0.2) is 0 Å². The number of esters is 1. The van der Waals surface area contributed by atoms with E-state index in [-0.39, 0.29) is 17.1 Å². The number of ether oxygens (including phenoxy) is 1. The summed E-state index contributed by atoms with van der Waals surface area (Å²) in [7, 11) is 1.25. The van der Waals surface area contributed by atoms with Gasteiger partial charge >= 0.3 is 5.97 Å². The van der Waals surface area contributed by atoms with Gasteiger partial charge in [-0.15, -0.1) is 0 Å². The van der Waals surface area contributed by atoms with Crippen molar-refractivity contribution in [2.24, 2.45) is 4.99 Å². The Kier molecular flexibility index (Phi) is 4.90. The van der Waals surface area contributed by atoms with E-state index in [2.05, 4.69) is 4.99 Å². The number of hydrogen-bond acceptors (Lipinski definition) is 6. The summed E-state index contributed by atoms with van der Waals surface area (Å²) in [5.74, 6) is -0.721. The molecule has 0 fully saturated rings. The molecule has 0 aliphatic carbocycles. The highest BCUT2D eigenvalue weighted by Crippen LogP contribution is 2.40. The van der Waals surface area contributed by atoms with Gasteiger partial charge in [0.25, 0.3) is 0 Å². The van der Waals surface area contributed by atoms with E-state index in [9.17, 15) is 15.0 Å². The number of phenolic OH excluding ortho intramolecular Hbond substituents is 1. The maximum absolute atomic E-state index is 12.1. The number of para-hydroxylation sites is 1. The van der Waals surface area contributed by atoms with Crippen LogP contribution in [0, 0.1) is 0 Å². The molecule has 0 aromatic heterocycles. The summed E-state index contributed by atoms with van der Waals surface area (Å²) in [4.78, 5) is 17.0. The monoisotopic (exact) mass is 353 g/mol. The first kappa shape index (κ1) is 16.9. The van der Waals surface area contributed by atoms with Gasteiger partial charge in [-0.1, -0.05) is 42.1 Å². The van der Waals surface area contributed by atoms with Crippen LogP contribution in [-0.2, 0) is 9.53 Å². The van der Waals surface area contributed by atoms with Crippen molar-refractivity contribution in [3.63, 3.8) is 0 Å². The lowest BCUT2D eigenvalue weighted by Crippen LogP contribution is -2.10. The van der Waals surface area contributed by atoms with Crippen LogP contribution in [0.5, 0.6) is 5.75 Å². The summed E-state index contributed by atoms with van der Waals surface area (Å²) < 4.78 is 4.77. The highest BCUT2D eigenvalue weighted by atomic mass is 32.2. The number of carbonyl (C=O) groups excluding carboxylic acids is 1. The number of aliphatic hydroxyl groups excluding tert-OH is 1. The summed E-state index contributed by atoms with van der Waals surface area (Å²) in [6.45, 7) is 0. The molecule has 0 saturated carbocycles. The topological polar surface area (TPSA) is 79.1 Å². The molecule has 0 atom stereocenters. The zero-order valence-corrected chi connectivity index (χ0v) is 14.2. The van der Waals surface area contributed by atoms with Gasteiger partial charge in [-0.05, 0) is 35.9 Å². The third kappa shape index (κ3) is 3.75. The molecule has 0 bridgehead atoms. The molecule has 0 amide bonds. The summed E-state index contributed by atoms with van der Waals surface area (Å²) in [6.07, 6.45) is 1.68. The van der Waals surface area contributed by atoms with Gasteiger partial charge in [-0.25, -0.2) is 9.79 Å². The van der Waals surface area contributed by atoms with Crippen LogP contribution >= 0.6 is 11.8 Å². The molecule has 0 unspecified atom stereocenters. The van der Waals surface area contributed by atoms with Crippen LogP contribution in [0.1, 0.15) is 5.56 Å². The molecule has 5 nitrogen and oxygen atoms in total. The van der Waals surface area contributed by atoms with Crippen LogP contribution in [-0.4, -0.2) is 28.3 Å². The SMILES string of the molecule is COC(=O)C1=C(O)/C(=C\c2cccc(O)c2)SC1=Nc1ccccc1. The first-order valence-corrected chi connectivity index (χ1v) is 8.25. The minimum Gasteiger partial charge on any atom is -0.508 e. The Morgan fingerprint density at radius 1 is 1.12 bits per heavy atom. The number of benzene rings is 2. The zero-order chi connectivity index (χ0) is 17.8. The second kappa shape index (κ2) is 7.27. The molecular formula is C19H15NO4S. The second-order valence-electron chi connectivity index (χ2n) is 5.17. The van der Waals surface area contributed by atoms with Crippen LogP contribution in [0.25, 0.3) is 6.08 Å². The Hall–Kier alpha value is -2.99. The minimum atomic E-state index is -0.654. The van der Waals surface area contributed by atoms with Crippen LogP contribution in [0.3, 0.4) is 0 Å². The lowest BCUT2D eigenvalue weighted by Gasteiger charge is -2.01. The number of phenols is 1. The van der Waals surface area contributed by atoms with Crippen molar-refractivity contribution in [3.05, 3.63) is 76.4 Å². The molecular weight excluding hydrogens is 338 g/mol. The van der Waals surface area contributed by atoms with E-state index in [1.807, 2.05) is 18.2 Å². The molecule has 6 heteroatoms. The number of aliphatic imine (C=N–C) groups is 1. The quantitative estimate of drug-likeness (QED) is 0.809. The van der Waals surface area contributed by atoms with Crippen molar-refractivity contribution in [2.45, 2.75) is 0 Å². The van der Waals surface area contributed by atoms with Crippen LogP contribution in [0.4, 0.5) is 5.69 Å². The van der Waals surface area contributed by atoms with Crippen LogP contribution < -0.4 is 0 Å². The molecule has 2 N–H and O–H groups in total. The van der Waals surface area contributed by atoms with Crippen molar-refractivity contribution >= 4 is 34.5 Å². The lowest BCUT2D eigenvalue weighted by atomic mass is 10.1. The minimum absolute atomic E-state index is 0.0303. The van der Waals surface area contributed by atoms with Crippen LogP contribution in [0.15, 0.2) is 75.8 Å². The van der Waals surface area contributed by atoms with Gasteiger partial charge in [-0.3, -0.25) is 0 Å². The molecule has 1 aliphatic heterocycles. The Morgan fingerprint density at radius 2 is 1.88 bits per heavy atom. The maximum atomic E-state index is 12.1. The van der Waals surface area contributed by atoms with E-state index in [4.69, 9.17) is 4.74 Å². The fourth-order valence-electron chi connectivity index (χ4n) is 2.28. The van der Waals surface area contributed by atoms with Crippen molar-refractivity contribution in [1.82, 2.24) is 0 Å². The highest BCUT2D eigenvalue weighted by Gasteiger charge is 2.32. The Balaban J connectivity index is 2.05. The average molecular weight is 353 g/mol. The van der Waals surface area contributed by atoms with Crippen molar-refractivity contribution in [2.75, 3.05) is 7.11 Å². The number of nitrogens with zero attached hydrogens (tertiary/aromatic N) is 1. The van der Waals surface area contributed by atoms with Crippen molar-refractivity contribution in [3.8, 4) is 5.75 Å². The Labute approximate surface area is 149 Å². The van der Waals surface area contributed by atoms with E-state index in [1.54, 1.807) is 42.5 Å². The highest BCUT2D eigenvalue weighted by molar-refractivity contribution is 8.18. The molecule has 2 aromatic rings. The molecule has 3 rings (SSSR count). The van der Waals surface area contributed by atoms with Gasteiger partial charge in [0.05, 0.1) is 17.7 Å². The molecule has 1 aliphatic rings. The predicted molar refractivity (Wildman–Crippen MR) is 98.9 cm³/mol. The standard InChI is InChI=1S/C19H15NO4S/c1-24-19(23)16-17(22)15(11-12-6-5-9-14(21)10-12)25-18(16)20-13-7-3-2-4-8-13/h2-11,21-22H,1H3/b15-11+,20-18?. The normalized spacial score (nSPS) is 17.3. The smallest absolute Gasteiger partial charge is 0.344 e. The molecule has 2 aromatic carbocycles. The molecule has 126 valence electrons. The molecule has 0 saturated heterocycles. The third-order valence-electron chi connectivity index (χ3n) is 3.44. The predicted octanol–water partition coefficient (Wildman–Crippen LogP) is 4.20. The van der Waals surface area contributed by atoms with Gasteiger partial charge < -0.3 is 14.9 Å². The van der Waals surface area contributed by atoms with Crippen LogP contribution in [0.2, 0.25) is 0 Å². The average Bonchev–Trinajstić information content (AvgIpc) is 2.90. The zero-order valence-electron chi connectivity index (χ0n) is 13.3. The molecule has 1 heterocycles. The summed E-state index contributed by atoms with van der Waals surface area (Å²) in [5.41, 5.74) is 1.39. The molecule has 0 radical (unpaired) electrons. The summed E-state index contributed by atoms with van der Waals surface area (Å²) >= 11 is 1.17. The molecule has 0 spiro atoms. The van der Waals surface area contributed by atoms with Crippen molar-refractivity contribution < 1.29 is 19.7 Å². The van der Waals surface area contributed by atoms with Crippen molar-refractivity contribution in [1.29, 1.82) is 0 Å². The van der Waals surface area contributed by atoms with Gasteiger partial charge in [0.1, 0.15) is 22.1 Å². The summed E-state index contributed by atoms with van der Waals surface area (Å²) in [6, 6.07) is 15.7. The van der Waals surface area contributed by atoms with Gasteiger partial charge in [0.2, 0.25) is 0 Å². The first-order chi connectivity index (χ1) is 12.1. The number of carbonyl (C=O) groups is 1. The Morgan fingerprint density at radius 3 is 2.56 bits per heavy atom. The number of aliphatic hydroxyl groups is 1. The number of aromatic hydroxyl groups is 1. The van der Waals surface area contributed by atoms with E-state index >= 15 is 0 Å². The number of rotatable bonds is 3. The van der Waals surface area contributed by atoms with E-state index in [0.717, 1.165) is 0 Å². The van der Waals surface area contributed by atoms with Gasteiger partial charge in [-0.2, -0.15) is 0 Å². The van der Waals surface area contributed by atoms with E-state index in [0.29, 0.717) is 21.2 Å². The van der Waals surface area contributed by atoms with E-state index in [1.165, 1.54) is 18.9 Å². The first-order valence-electron chi connectivity index (χ1n) is 7.43. The van der Waals surface area contributed by atoms with Gasteiger partial charge in [0, 0.05) is 0 Å². The largest absolute Gasteiger partial charge is 0.508 e. The fraction of sp³-hybridized carbons (Fsp3) is 0.0526. The second-order valence-corrected chi connectivity index (χ2v) is 6.20. The van der Waals surface area contributed by atoms with E-state index < -0.39 is 5.97 Å². The third-order valence-corrected chi connectivity index (χ3v) is 4.45. The number of thioether (sulfide) groups is 1. The fourth-order valence-corrected chi connectivity index (χ4v) is 3.31. The number of hydrogen-bond donors (Lipinski definition) is 2. The molecule has 25 heavy (non-hydrogen) atoms. The summed E-state index contributed by atoms with van der Waals surface area (Å²) in [5, 5.41) is 20.4. The maximum Gasteiger partial charge on any atom is 0.344 e. The number of methoxy groups -OCH3 is 1.